The van der Waals surface area contributed by atoms with Crippen LogP contribution in [0.15, 0.2) is 41.1 Å². The number of hydrogen-bond donors (Lipinski definition) is 2. The third kappa shape index (κ3) is 5.09. The van der Waals surface area contributed by atoms with Crippen molar-refractivity contribution in [3.8, 4) is 5.88 Å². The number of nitrogens with zero attached hydrogens (tertiary/aromatic N) is 1. The molecule has 0 aliphatic heterocycles. The van der Waals surface area contributed by atoms with Crippen LogP contribution >= 0.6 is 0 Å². The van der Waals surface area contributed by atoms with E-state index in [1.807, 2.05) is 20.8 Å². The number of hydrogen-bond acceptors (Lipinski definition) is 5. The van der Waals surface area contributed by atoms with Crippen molar-refractivity contribution in [2.24, 2.45) is 5.92 Å². The van der Waals surface area contributed by atoms with Crippen LogP contribution in [0.1, 0.15) is 49.4 Å². The van der Waals surface area contributed by atoms with E-state index >= 15 is 0 Å². The summed E-state index contributed by atoms with van der Waals surface area (Å²) in [6, 6.07) is 6.55. The predicted octanol–water partition coefficient (Wildman–Crippen LogP) is 2.95. The fourth-order valence-corrected chi connectivity index (χ4v) is 2.22. The zero-order chi connectivity index (χ0) is 17.5. The van der Waals surface area contributed by atoms with E-state index in [0.717, 1.165) is 0 Å². The van der Waals surface area contributed by atoms with E-state index in [1.165, 1.54) is 6.26 Å². The highest BCUT2D eigenvalue weighted by Crippen LogP contribution is 2.20. The highest BCUT2D eigenvalue weighted by molar-refractivity contribution is 5.96. The van der Waals surface area contributed by atoms with E-state index in [0.29, 0.717) is 36.1 Å². The minimum absolute atomic E-state index is 0.240. The number of aromatic nitrogens is 1. The van der Waals surface area contributed by atoms with Crippen molar-refractivity contribution in [3.63, 3.8) is 0 Å². The van der Waals surface area contributed by atoms with Crippen LogP contribution in [-0.2, 0) is 0 Å². The summed E-state index contributed by atoms with van der Waals surface area (Å²) in [5, 5.41) is 12.9. The molecule has 24 heavy (non-hydrogen) atoms. The molecule has 1 amide bonds. The van der Waals surface area contributed by atoms with Gasteiger partial charge in [0.05, 0.1) is 12.9 Å². The maximum atomic E-state index is 12.5. The van der Waals surface area contributed by atoms with Crippen molar-refractivity contribution < 1.29 is 19.1 Å². The van der Waals surface area contributed by atoms with Gasteiger partial charge in [-0.1, -0.05) is 13.8 Å². The molecule has 2 heterocycles. The van der Waals surface area contributed by atoms with Gasteiger partial charge >= 0.3 is 0 Å². The third-order valence-electron chi connectivity index (χ3n) is 3.40. The van der Waals surface area contributed by atoms with Gasteiger partial charge in [0.25, 0.3) is 5.91 Å². The second-order valence-corrected chi connectivity index (χ2v) is 6.20. The number of furan rings is 1. The SMILES string of the molecule is CC(C)COc1ncccc1C(=O)NC(C)CC(O)c1ccco1. The quantitative estimate of drug-likeness (QED) is 0.776. The molecule has 6 heteroatoms. The van der Waals surface area contributed by atoms with E-state index in [9.17, 15) is 9.90 Å². The molecule has 0 radical (unpaired) electrons. The molecule has 0 spiro atoms. The molecule has 2 aromatic rings. The Morgan fingerprint density at radius 1 is 1.33 bits per heavy atom. The summed E-state index contributed by atoms with van der Waals surface area (Å²) < 4.78 is 10.8. The maximum Gasteiger partial charge on any atom is 0.256 e. The zero-order valence-corrected chi connectivity index (χ0v) is 14.2. The largest absolute Gasteiger partial charge is 0.477 e. The highest BCUT2D eigenvalue weighted by Gasteiger charge is 2.19. The number of aliphatic hydroxyl groups is 1. The molecule has 0 bridgehead atoms. The lowest BCUT2D eigenvalue weighted by Crippen LogP contribution is -2.34. The van der Waals surface area contributed by atoms with Gasteiger partial charge in [0.2, 0.25) is 5.88 Å². The summed E-state index contributed by atoms with van der Waals surface area (Å²) in [6.45, 7) is 6.38. The molecule has 2 atom stereocenters. The first-order valence-corrected chi connectivity index (χ1v) is 8.07. The Balaban J connectivity index is 1.96. The van der Waals surface area contributed by atoms with Crippen LogP contribution < -0.4 is 10.1 Å². The van der Waals surface area contributed by atoms with Crippen LogP contribution in [0, 0.1) is 5.92 Å². The lowest BCUT2D eigenvalue weighted by atomic mass is 10.1. The number of amides is 1. The van der Waals surface area contributed by atoms with Crippen LogP contribution in [0.3, 0.4) is 0 Å². The number of ether oxygens (including phenoxy) is 1. The monoisotopic (exact) mass is 332 g/mol. The van der Waals surface area contributed by atoms with Crippen LogP contribution in [0.2, 0.25) is 0 Å². The van der Waals surface area contributed by atoms with Crippen molar-refractivity contribution in [1.29, 1.82) is 0 Å². The topological polar surface area (TPSA) is 84.6 Å². The number of carbonyl (C=O) groups is 1. The molecular formula is C18H24N2O4. The normalized spacial score (nSPS) is 13.5. The lowest BCUT2D eigenvalue weighted by Gasteiger charge is -2.18. The van der Waals surface area contributed by atoms with Crippen molar-refractivity contribution in [1.82, 2.24) is 10.3 Å². The number of carbonyl (C=O) groups excluding carboxylic acids is 1. The van der Waals surface area contributed by atoms with Gasteiger partial charge < -0.3 is 19.6 Å². The summed E-state index contributed by atoms with van der Waals surface area (Å²) in [5.41, 5.74) is 0.387. The van der Waals surface area contributed by atoms with Crippen molar-refractivity contribution in [3.05, 3.63) is 48.0 Å². The van der Waals surface area contributed by atoms with Gasteiger partial charge in [-0.3, -0.25) is 4.79 Å². The summed E-state index contributed by atoms with van der Waals surface area (Å²) in [7, 11) is 0. The van der Waals surface area contributed by atoms with Crippen LogP contribution in [0.25, 0.3) is 0 Å². The molecule has 2 aromatic heterocycles. The van der Waals surface area contributed by atoms with Crippen molar-refractivity contribution >= 4 is 5.91 Å². The Hall–Kier alpha value is -2.34. The first-order valence-electron chi connectivity index (χ1n) is 8.07. The van der Waals surface area contributed by atoms with E-state index in [4.69, 9.17) is 9.15 Å². The van der Waals surface area contributed by atoms with Gasteiger partial charge in [-0.05, 0) is 37.1 Å². The molecule has 130 valence electrons. The number of pyridine rings is 1. The minimum Gasteiger partial charge on any atom is -0.477 e. The van der Waals surface area contributed by atoms with E-state index in [2.05, 4.69) is 10.3 Å². The van der Waals surface area contributed by atoms with E-state index in [1.54, 1.807) is 30.5 Å². The van der Waals surface area contributed by atoms with Gasteiger partial charge in [-0.25, -0.2) is 4.98 Å². The first kappa shape index (κ1) is 18.0. The summed E-state index contributed by atoms with van der Waals surface area (Å²) in [6.07, 6.45) is 2.69. The molecular weight excluding hydrogens is 308 g/mol. The number of nitrogens with one attached hydrogen (secondary N) is 1. The van der Waals surface area contributed by atoms with E-state index in [-0.39, 0.29) is 11.9 Å². The Morgan fingerprint density at radius 2 is 2.12 bits per heavy atom. The van der Waals surface area contributed by atoms with Gasteiger partial charge in [0.1, 0.15) is 17.4 Å². The van der Waals surface area contributed by atoms with Crippen molar-refractivity contribution in [2.75, 3.05) is 6.61 Å². The van der Waals surface area contributed by atoms with Gasteiger partial charge in [-0.2, -0.15) is 0 Å². The average molecular weight is 332 g/mol. The molecule has 0 saturated carbocycles. The van der Waals surface area contributed by atoms with Gasteiger partial charge in [0.15, 0.2) is 0 Å². The number of rotatable bonds is 8. The summed E-state index contributed by atoms with van der Waals surface area (Å²) >= 11 is 0. The number of aliphatic hydroxyl groups excluding tert-OH is 1. The molecule has 2 unspecified atom stereocenters. The second-order valence-electron chi connectivity index (χ2n) is 6.20. The minimum atomic E-state index is -0.763. The third-order valence-corrected chi connectivity index (χ3v) is 3.40. The molecule has 6 nitrogen and oxygen atoms in total. The fourth-order valence-electron chi connectivity index (χ4n) is 2.22. The molecule has 0 aliphatic carbocycles. The fraction of sp³-hybridized carbons (Fsp3) is 0.444. The van der Waals surface area contributed by atoms with Gasteiger partial charge in [-0.15, -0.1) is 0 Å². The average Bonchev–Trinajstić information content (AvgIpc) is 3.07. The standard InChI is InChI=1S/C18H24N2O4/c1-12(2)11-24-18-14(6-4-8-19-18)17(22)20-13(3)10-15(21)16-7-5-9-23-16/h4-9,12-13,15,21H,10-11H2,1-3H3,(H,20,22). The Labute approximate surface area is 141 Å². The van der Waals surface area contributed by atoms with Crippen LogP contribution in [0.5, 0.6) is 5.88 Å². The van der Waals surface area contributed by atoms with Crippen LogP contribution in [-0.4, -0.2) is 28.6 Å². The molecule has 2 N–H and O–H groups in total. The molecule has 0 fully saturated rings. The summed E-state index contributed by atoms with van der Waals surface area (Å²) in [5.74, 6) is 0.868. The van der Waals surface area contributed by atoms with E-state index < -0.39 is 6.10 Å². The van der Waals surface area contributed by atoms with Gasteiger partial charge in [0, 0.05) is 18.7 Å². The second kappa shape index (κ2) is 8.49. The predicted molar refractivity (Wildman–Crippen MR) is 89.8 cm³/mol. The first-order chi connectivity index (χ1) is 11.5. The molecule has 2 rings (SSSR count). The maximum absolute atomic E-state index is 12.5. The smallest absolute Gasteiger partial charge is 0.256 e. The lowest BCUT2D eigenvalue weighted by molar-refractivity contribution is 0.0897. The molecule has 0 aliphatic rings. The highest BCUT2D eigenvalue weighted by atomic mass is 16.5. The Morgan fingerprint density at radius 3 is 2.79 bits per heavy atom. The van der Waals surface area contributed by atoms with Crippen LogP contribution in [0.4, 0.5) is 0 Å². The molecule has 0 aromatic carbocycles. The Bertz CT molecular complexity index is 640. The molecule has 0 saturated heterocycles. The zero-order valence-electron chi connectivity index (χ0n) is 14.2. The Kier molecular flexibility index (Phi) is 6.37. The summed E-state index contributed by atoms with van der Waals surface area (Å²) in [4.78, 5) is 16.6. The van der Waals surface area contributed by atoms with Crippen molar-refractivity contribution in [2.45, 2.75) is 39.3 Å².